The number of hydrogen-bond donors (Lipinski definition) is 1. The molecule has 0 radical (unpaired) electrons. The van der Waals surface area contributed by atoms with Crippen molar-refractivity contribution in [1.29, 1.82) is 0 Å². The fraction of sp³-hybridized carbons (Fsp3) is 0.562. The van der Waals surface area contributed by atoms with Crippen molar-refractivity contribution in [3.63, 3.8) is 0 Å². The summed E-state index contributed by atoms with van der Waals surface area (Å²) in [5.41, 5.74) is 2.03. The molecule has 4 heteroatoms. The van der Waals surface area contributed by atoms with Crippen LogP contribution in [0.2, 0.25) is 0 Å². The molecule has 0 spiro atoms. The van der Waals surface area contributed by atoms with Gasteiger partial charge in [0.05, 0.1) is 6.42 Å². The van der Waals surface area contributed by atoms with Crippen LogP contribution in [-0.4, -0.2) is 54.1 Å². The smallest absolute Gasteiger partial charge is 0.307 e. The van der Waals surface area contributed by atoms with E-state index in [1.165, 1.54) is 0 Å². The van der Waals surface area contributed by atoms with E-state index in [0.717, 1.165) is 30.8 Å². The van der Waals surface area contributed by atoms with Gasteiger partial charge < -0.3 is 10.0 Å². The van der Waals surface area contributed by atoms with Crippen LogP contribution in [0.5, 0.6) is 0 Å². The van der Waals surface area contributed by atoms with Crippen molar-refractivity contribution in [1.82, 2.24) is 9.80 Å². The van der Waals surface area contributed by atoms with Crippen molar-refractivity contribution in [3.05, 3.63) is 35.4 Å². The highest BCUT2D eigenvalue weighted by atomic mass is 16.4. The van der Waals surface area contributed by atoms with Gasteiger partial charge in [0.15, 0.2) is 0 Å². The Hall–Kier alpha value is -1.39. The lowest BCUT2D eigenvalue weighted by molar-refractivity contribution is -0.136. The number of carboxylic acid groups (broad SMARTS) is 1. The molecule has 0 bridgehead atoms. The normalized spacial score (nSPS) is 12.9. The predicted molar refractivity (Wildman–Crippen MR) is 81.9 cm³/mol. The molecule has 4 nitrogen and oxygen atoms in total. The third kappa shape index (κ3) is 5.31. The second-order valence-corrected chi connectivity index (χ2v) is 5.51. The highest BCUT2D eigenvalue weighted by molar-refractivity contribution is 5.70. The van der Waals surface area contributed by atoms with E-state index >= 15 is 0 Å². The Morgan fingerprint density at radius 1 is 1.25 bits per heavy atom. The molecular weight excluding hydrogens is 252 g/mol. The largest absolute Gasteiger partial charge is 0.481 e. The number of aliphatic carboxylic acids is 1. The summed E-state index contributed by atoms with van der Waals surface area (Å²) in [6.45, 7) is 7.11. The Bertz CT molecular complexity index is 432. The molecule has 1 aromatic carbocycles. The van der Waals surface area contributed by atoms with Crippen LogP contribution in [-0.2, 0) is 17.8 Å². The minimum atomic E-state index is -0.776. The lowest BCUT2D eigenvalue weighted by atomic mass is 10.0. The summed E-state index contributed by atoms with van der Waals surface area (Å²) in [6, 6.07) is 8.26. The summed E-state index contributed by atoms with van der Waals surface area (Å²) in [5, 5.41) is 8.99. The van der Waals surface area contributed by atoms with Gasteiger partial charge in [-0.2, -0.15) is 0 Å². The average Bonchev–Trinajstić information content (AvgIpc) is 2.36. The predicted octanol–water partition coefficient (Wildman–Crippen LogP) is 2.09. The highest BCUT2D eigenvalue weighted by Crippen LogP contribution is 2.14. The van der Waals surface area contributed by atoms with Crippen LogP contribution >= 0.6 is 0 Å². The monoisotopic (exact) mass is 278 g/mol. The highest BCUT2D eigenvalue weighted by Gasteiger charge is 2.15. The fourth-order valence-electron chi connectivity index (χ4n) is 2.49. The number of rotatable bonds is 8. The van der Waals surface area contributed by atoms with Crippen molar-refractivity contribution in [2.45, 2.75) is 32.9 Å². The van der Waals surface area contributed by atoms with E-state index in [1.54, 1.807) is 0 Å². The molecular formula is C16H26N2O2. The molecule has 0 saturated heterocycles. The van der Waals surface area contributed by atoms with E-state index in [-0.39, 0.29) is 6.42 Å². The lowest BCUT2D eigenvalue weighted by Gasteiger charge is -2.30. The summed E-state index contributed by atoms with van der Waals surface area (Å²) in [5.74, 6) is -0.776. The fourth-order valence-corrected chi connectivity index (χ4v) is 2.49. The van der Waals surface area contributed by atoms with E-state index in [4.69, 9.17) is 5.11 Å². The van der Waals surface area contributed by atoms with Crippen LogP contribution in [0.3, 0.4) is 0 Å². The SMILES string of the molecule is CCN(Cc1ccccc1CC(=O)O)C(C)CN(C)C. The van der Waals surface area contributed by atoms with Crippen molar-refractivity contribution in [3.8, 4) is 0 Å². The maximum Gasteiger partial charge on any atom is 0.307 e. The zero-order valence-corrected chi connectivity index (χ0v) is 13.0. The molecule has 0 amide bonds. The quantitative estimate of drug-likeness (QED) is 0.791. The number of likely N-dealkylation sites (N-methyl/N-ethyl adjacent to an activating group) is 2. The molecule has 1 atom stereocenters. The van der Waals surface area contributed by atoms with Crippen molar-refractivity contribution in [2.24, 2.45) is 0 Å². The summed E-state index contributed by atoms with van der Waals surface area (Å²) in [6.07, 6.45) is 0.0930. The topological polar surface area (TPSA) is 43.8 Å². The molecule has 0 saturated carbocycles. The van der Waals surface area contributed by atoms with Crippen LogP contribution in [0.1, 0.15) is 25.0 Å². The average molecular weight is 278 g/mol. The Morgan fingerprint density at radius 3 is 2.35 bits per heavy atom. The standard InChI is InChI=1S/C16H26N2O2/c1-5-18(13(2)11-17(3)4)12-15-9-7-6-8-14(15)10-16(19)20/h6-9,13H,5,10-12H2,1-4H3,(H,19,20). The van der Waals surface area contributed by atoms with Crippen molar-refractivity contribution < 1.29 is 9.90 Å². The zero-order chi connectivity index (χ0) is 15.1. The van der Waals surface area contributed by atoms with Gasteiger partial charge in [-0.3, -0.25) is 9.69 Å². The molecule has 0 aliphatic carbocycles. The maximum absolute atomic E-state index is 10.9. The first-order valence-electron chi connectivity index (χ1n) is 7.11. The van der Waals surface area contributed by atoms with E-state index in [0.29, 0.717) is 6.04 Å². The molecule has 1 unspecified atom stereocenters. The van der Waals surface area contributed by atoms with Gasteiger partial charge in [0.25, 0.3) is 0 Å². The lowest BCUT2D eigenvalue weighted by Crippen LogP contribution is -2.39. The van der Waals surface area contributed by atoms with Crippen LogP contribution in [0.25, 0.3) is 0 Å². The van der Waals surface area contributed by atoms with Crippen LogP contribution in [0.15, 0.2) is 24.3 Å². The molecule has 1 aromatic rings. The summed E-state index contributed by atoms with van der Waals surface area (Å²) in [7, 11) is 4.14. The van der Waals surface area contributed by atoms with Gasteiger partial charge in [0, 0.05) is 19.1 Å². The zero-order valence-electron chi connectivity index (χ0n) is 13.0. The second-order valence-electron chi connectivity index (χ2n) is 5.51. The Balaban J connectivity index is 2.81. The molecule has 0 aromatic heterocycles. The number of benzene rings is 1. The van der Waals surface area contributed by atoms with Gasteiger partial charge in [0.1, 0.15) is 0 Å². The first-order chi connectivity index (χ1) is 9.43. The van der Waals surface area contributed by atoms with E-state index in [2.05, 4.69) is 37.7 Å². The molecule has 112 valence electrons. The number of hydrogen-bond acceptors (Lipinski definition) is 3. The molecule has 0 heterocycles. The molecule has 0 fully saturated rings. The molecule has 0 aliphatic heterocycles. The van der Waals surface area contributed by atoms with Gasteiger partial charge in [-0.1, -0.05) is 31.2 Å². The number of carbonyl (C=O) groups is 1. The Kier molecular flexibility index (Phi) is 6.68. The van der Waals surface area contributed by atoms with Crippen molar-refractivity contribution in [2.75, 3.05) is 27.2 Å². The molecule has 1 rings (SSSR count). The number of nitrogens with zero attached hydrogens (tertiary/aromatic N) is 2. The van der Waals surface area contributed by atoms with Crippen LogP contribution in [0.4, 0.5) is 0 Å². The Labute approximate surface area is 122 Å². The van der Waals surface area contributed by atoms with Gasteiger partial charge >= 0.3 is 5.97 Å². The molecule has 1 N–H and O–H groups in total. The summed E-state index contributed by atoms with van der Waals surface area (Å²) >= 11 is 0. The first-order valence-corrected chi connectivity index (χ1v) is 7.11. The molecule has 0 aliphatic rings. The first kappa shape index (κ1) is 16.7. The summed E-state index contributed by atoms with van der Waals surface area (Å²) < 4.78 is 0. The van der Waals surface area contributed by atoms with Crippen LogP contribution < -0.4 is 0 Å². The maximum atomic E-state index is 10.9. The number of carboxylic acids is 1. The minimum absolute atomic E-state index is 0.0930. The molecule has 20 heavy (non-hydrogen) atoms. The third-order valence-electron chi connectivity index (χ3n) is 3.49. The van der Waals surface area contributed by atoms with E-state index in [1.807, 2.05) is 24.3 Å². The summed E-state index contributed by atoms with van der Waals surface area (Å²) in [4.78, 5) is 15.5. The van der Waals surface area contributed by atoms with E-state index < -0.39 is 5.97 Å². The van der Waals surface area contributed by atoms with Crippen molar-refractivity contribution >= 4 is 5.97 Å². The van der Waals surface area contributed by atoms with Gasteiger partial charge in [-0.15, -0.1) is 0 Å². The Morgan fingerprint density at radius 2 is 1.85 bits per heavy atom. The van der Waals surface area contributed by atoms with Gasteiger partial charge in [0.2, 0.25) is 0 Å². The van der Waals surface area contributed by atoms with E-state index in [9.17, 15) is 4.79 Å². The van der Waals surface area contributed by atoms with Gasteiger partial charge in [-0.25, -0.2) is 0 Å². The third-order valence-corrected chi connectivity index (χ3v) is 3.49. The second kappa shape index (κ2) is 8.02. The minimum Gasteiger partial charge on any atom is -0.481 e. The van der Waals surface area contributed by atoms with Gasteiger partial charge in [-0.05, 0) is 38.7 Å². The van der Waals surface area contributed by atoms with Crippen LogP contribution in [0, 0.1) is 0 Å².